The molecule has 0 aliphatic carbocycles. The maximum Gasteiger partial charge on any atom is 0.248 e. The van der Waals surface area contributed by atoms with Gasteiger partial charge in [-0.3, -0.25) is 23.9 Å². The molecule has 0 saturated carbocycles. The molecule has 2 aromatic carbocycles. The average Bonchev–Trinajstić information content (AvgIpc) is 4.06. The molecule has 9 rings (SSSR count). The fraction of sp³-hybridized carbons (Fsp3) is 0.391. The number of morpholine rings is 1. The van der Waals surface area contributed by atoms with Crippen LogP contribution in [0.4, 0.5) is 0 Å². The van der Waals surface area contributed by atoms with Crippen molar-refractivity contribution in [2.75, 3.05) is 46.6 Å². The molecule has 344 valence electrons. The van der Waals surface area contributed by atoms with Gasteiger partial charge < -0.3 is 34.8 Å². The summed E-state index contributed by atoms with van der Waals surface area (Å²) in [6.45, 7) is 14.4. The third kappa shape index (κ3) is 8.26. The largest absolute Gasteiger partial charge is 0.495 e. The fourth-order valence-corrected chi connectivity index (χ4v) is 9.58. The Morgan fingerprint density at radius 3 is 1.64 bits per heavy atom. The van der Waals surface area contributed by atoms with Crippen molar-refractivity contribution >= 4 is 78.9 Å². The number of carbonyl (C=O) groups is 2. The number of ether oxygens (including phenoxy) is 3. The van der Waals surface area contributed by atoms with Crippen LogP contribution >= 0.6 is 23.2 Å². The molecule has 66 heavy (non-hydrogen) atoms. The van der Waals surface area contributed by atoms with E-state index >= 15 is 0 Å². The number of hydrogen-bond acceptors (Lipinski definition) is 12. The fourth-order valence-electron chi connectivity index (χ4n) is 9.05. The van der Waals surface area contributed by atoms with Crippen molar-refractivity contribution in [1.82, 2.24) is 53.5 Å². The number of hydrogen-bond donors (Lipinski definition) is 2. The quantitative estimate of drug-likeness (QED) is 0.0700. The van der Waals surface area contributed by atoms with Crippen LogP contribution in [0.3, 0.4) is 0 Å². The molecule has 4 N–H and O–H groups in total. The van der Waals surface area contributed by atoms with Gasteiger partial charge in [0.25, 0.3) is 0 Å². The number of fused-ring (bicyclic) bond motifs is 6. The van der Waals surface area contributed by atoms with Gasteiger partial charge in [-0.25, -0.2) is 19.9 Å². The molecule has 20 heteroatoms. The molecule has 18 nitrogen and oxygen atoms in total. The van der Waals surface area contributed by atoms with Crippen molar-refractivity contribution in [1.29, 1.82) is 0 Å². The monoisotopic (exact) mass is 935 g/mol. The first kappa shape index (κ1) is 44.8. The predicted molar refractivity (Wildman–Crippen MR) is 254 cm³/mol. The number of primary amides is 2. The number of nitrogens with zero attached hydrogens (tertiary/aromatic N) is 11. The zero-order valence-corrected chi connectivity index (χ0v) is 39.0. The van der Waals surface area contributed by atoms with Crippen LogP contribution in [0.15, 0.2) is 36.4 Å². The van der Waals surface area contributed by atoms with E-state index in [0.29, 0.717) is 120 Å². The Morgan fingerprint density at radius 1 is 0.682 bits per heavy atom. The maximum atomic E-state index is 12.8. The number of unbranched alkanes of at least 4 members (excludes halogenated alkanes) is 1. The topological polar surface area (TPSA) is 214 Å². The molecule has 0 spiro atoms. The maximum absolute atomic E-state index is 12.8. The van der Waals surface area contributed by atoms with Crippen LogP contribution in [0, 0.1) is 13.8 Å². The smallest absolute Gasteiger partial charge is 0.248 e. The zero-order chi connectivity index (χ0) is 46.4. The Morgan fingerprint density at radius 2 is 1.17 bits per heavy atom. The van der Waals surface area contributed by atoms with Gasteiger partial charge in [0.05, 0.1) is 60.1 Å². The van der Waals surface area contributed by atoms with Crippen LogP contribution in [-0.2, 0) is 30.9 Å². The van der Waals surface area contributed by atoms with Crippen molar-refractivity contribution in [2.45, 2.75) is 73.1 Å². The number of halogens is 2. The number of aromatic nitrogens is 10. The highest BCUT2D eigenvalue weighted by Crippen LogP contribution is 2.42. The highest BCUT2D eigenvalue weighted by Gasteiger charge is 2.26. The molecule has 0 radical (unpaired) electrons. The van der Waals surface area contributed by atoms with Gasteiger partial charge in [-0.2, -0.15) is 10.2 Å². The summed E-state index contributed by atoms with van der Waals surface area (Å²) in [4.78, 5) is 47.6. The molecule has 8 aromatic rings. The van der Waals surface area contributed by atoms with Gasteiger partial charge >= 0.3 is 0 Å². The minimum atomic E-state index is -0.608. The number of amides is 2. The van der Waals surface area contributed by atoms with Gasteiger partial charge in [0, 0.05) is 67.7 Å². The summed E-state index contributed by atoms with van der Waals surface area (Å²) < 4.78 is 25.9. The zero-order valence-electron chi connectivity index (χ0n) is 37.5. The average molecular weight is 937 g/mol. The first-order valence-electron chi connectivity index (χ1n) is 22.1. The number of carbonyl (C=O) groups excluding carboxylic acids is 2. The van der Waals surface area contributed by atoms with E-state index in [9.17, 15) is 9.59 Å². The summed E-state index contributed by atoms with van der Waals surface area (Å²) in [5, 5.41) is 12.1. The minimum absolute atomic E-state index is 0.217. The molecule has 1 saturated heterocycles. The molecule has 1 aliphatic heterocycles. The van der Waals surface area contributed by atoms with Crippen molar-refractivity contribution in [3.63, 3.8) is 0 Å². The van der Waals surface area contributed by atoms with Crippen LogP contribution in [0.5, 0.6) is 11.5 Å². The molecular weight excluding hydrogens is 885 g/mol. The Bertz CT molecular complexity index is 3180. The van der Waals surface area contributed by atoms with Crippen LogP contribution in [-0.4, -0.2) is 112 Å². The van der Waals surface area contributed by atoms with Crippen molar-refractivity contribution in [2.24, 2.45) is 11.5 Å². The molecular formula is C46H51Cl2N13O5. The normalized spacial score (nSPS) is 13.5. The number of aryl methyl sites for hydroxylation is 6. The second-order valence-corrected chi connectivity index (χ2v) is 17.1. The number of rotatable bonds is 17. The molecule has 6 aromatic heterocycles. The summed E-state index contributed by atoms with van der Waals surface area (Å²) in [5.74, 6) is 0.557. The van der Waals surface area contributed by atoms with Gasteiger partial charge in [-0.1, -0.05) is 23.2 Å². The van der Waals surface area contributed by atoms with Crippen LogP contribution < -0.4 is 20.9 Å². The first-order chi connectivity index (χ1) is 31.9. The lowest BCUT2D eigenvalue weighted by Crippen LogP contribution is -2.37. The van der Waals surface area contributed by atoms with E-state index in [0.717, 1.165) is 54.3 Å². The molecule has 7 heterocycles. The Labute approximate surface area is 389 Å². The van der Waals surface area contributed by atoms with Crippen LogP contribution in [0.2, 0.25) is 10.3 Å². The van der Waals surface area contributed by atoms with Crippen LogP contribution in [0.1, 0.15) is 65.2 Å². The van der Waals surface area contributed by atoms with Crippen LogP contribution in [0.25, 0.3) is 66.9 Å². The molecule has 0 unspecified atom stereocenters. The minimum Gasteiger partial charge on any atom is -0.495 e. The number of nitrogens with two attached hydrogens (primary N) is 2. The van der Waals surface area contributed by atoms with Crippen molar-refractivity contribution in [3.05, 3.63) is 69.2 Å². The molecule has 1 aliphatic rings. The number of methoxy groups -OCH3 is 1. The van der Waals surface area contributed by atoms with Gasteiger partial charge in [0.15, 0.2) is 11.6 Å². The second-order valence-electron chi connectivity index (χ2n) is 16.4. The number of benzene rings is 2. The van der Waals surface area contributed by atoms with Gasteiger partial charge in [0.2, 0.25) is 11.8 Å². The highest BCUT2D eigenvalue weighted by atomic mass is 35.5. The predicted octanol–water partition coefficient (Wildman–Crippen LogP) is 6.96. The Balaban J connectivity index is 1.14. The van der Waals surface area contributed by atoms with Crippen molar-refractivity contribution < 1.29 is 23.8 Å². The third-order valence-corrected chi connectivity index (χ3v) is 12.6. The van der Waals surface area contributed by atoms with E-state index in [1.165, 1.54) is 0 Å². The highest BCUT2D eigenvalue weighted by molar-refractivity contribution is 6.37. The van der Waals surface area contributed by atoms with Crippen molar-refractivity contribution in [3.8, 4) is 34.5 Å². The van der Waals surface area contributed by atoms with E-state index in [-0.39, 0.29) is 21.4 Å². The SMILES string of the molecule is CCn1nc(C)cc1-c1nc(Cl)c2c3cc(C(N)=O)cc(OC)c3n(CCCCn3c4nc(-c5cc(C)nn5CC)nc(Cl)c4c4cc(C(N)=O)cc(OCCCN5CCOCC5)c43)c2n1. The molecule has 0 atom stereocenters. The van der Waals surface area contributed by atoms with E-state index in [4.69, 9.17) is 68.8 Å². The van der Waals surface area contributed by atoms with E-state index in [1.54, 1.807) is 31.4 Å². The second kappa shape index (κ2) is 18.5. The molecule has 1 fully saturated rings. The Hall–Kier alpha value is -6.34. The standard InChI is InChI=1S/C46H51Cl2N13O5/c1-6-60-31(19-25(3)55-60)43-51-39(47)35-29-21-27(41(49)62)23-33(64-5)37(29)58(45(35)53-43)12-8-9-13-59-38-30(36-40(48)52-44(54-46(36)59)32-20-26(4)56-61(32)7-2)22-28(42(50)63)24-34(38)66-16-10-11-57-14-17-65-18-15-57/h19-24H,6-18H2,1-5H3,(H2,49,62)(H2,50,63). The molecule has 2 amide bonds. The lowest BCUT2D eigenvalue weighted by Gasteiger charge is -2.26. The lowest BCUT2D eigenvalue weighted by molar-refractivity contribution is 0.0358. The first-order valence-corrected chi connectivity index (χ1v) is 22.9. The lowest BCUT2D eigenvalue weighted by atomic mass is 10.1. The Kier molecular flexibility index (Phi) is 12.6. The summed E-state index contributed by atoms with van der Waals surface area (Å²) in [5.41, 5.74) is 17.9. The molecule has 0 bridgehead atoms. The third-order valence-electron chi connectivity index (χ3n) is 12.1. The summed E-state index contributed by atoms with van der Waals surface area (Å²) >= 11 is 14.2. The summed E-state index contributed by atoms with van der Waals surface area (Å²) in [6.07, 6.45) is 2.02. The summed E-state index contributed by atoms with van der Waals surface area (Å²) in [7, 11) is 1.55. The van der Waals surface area contributed by atoms with Gasteiger partial charge in [-0.05, 0) is 83.4 Å². The van der Waals surface area contributed by atoms with Gasteiger partial charge in [0.1, 0.15) is 44.5 Å². The summed E-state index contributed by atoms with van der Waals surface area (Å²) in [6, 6.07) is 10.6. The van der Waals surface area contributed by atoms with E-state index < -0.39 is 11.8 Å². The van der Waals surface area contributed by atoms with Gasteiger partial charge in [-0.15, -0.1) is 0 Å². The van der Waals surface area contributed by atoms with E-state index in [2.05, 4.69) is 24.2 Å². The van der Waals surface area contributed by atoms with E-state index in [1.807, 2.05) is 49.2 Å².